The van der Waals surface area contributed by atoms with Crippen molar-refractivity contribution in [3.05, 3.63) is 16.6 Å². The number of nitrogens with one attached hydrogen (secondary N) is 1. The molecule has 0 aromatic carbocycles. The molecule has 1 rings (SSSR count). The molecule has 0 aliphatic rings. The van der Waals surface area contributed by atoms with E-state index < -0.39 is 0 Å². The van der Waals surface area contributed by atoms with E-state index in [1.54, 1.807) is 11.3 Å². The summed E-state index contributed by atoms with van der Waals surface area (Å²) < 4.78 is 0. The second kappa shape index (κ2) is 6.14. The molecule has 0 spiro atoms. The monoisotopic (exact) mass is 184 g/mol. The fourth-order valence-corrected chi connectivity index (χ4v) is 1.62. The molecule has 3 heteroatoms. The molecule has 2 nitrogen and oxygen atoms in total. The number of aromatic nitrogens is 1. The lowest BCUT2D eigenvalue weighted by Gasteiger charge is -2.00. The van der Waals surface area contributed by atoms with Gasteiger partial charge in [-0.1, -0.05) is 19.8 Å². The molecule has 68 valence electrons. The normalized spacial score (nSPS) is 10.4. The third-order valence-electron chi connectivity index (χ3n) is 1.72. The van der Waals surface area contributed by atoms with Crippen molar-refractivity contribution in [2.75, 3.05) is 6.54 Å². The van der Waals surface area contributed by atoms with E-state index >= 15 is 0 Å². The van der Waals surface area contributed by atoms with Crippen LogP contribution in [0.5, 0.6) is 0 Å². The zero-order valence-electron chi connectivity index (χ0n) is 7.55. The molecule has 0 aliphatic heterocycles. The van der Waals surface area contributed by atoms with E-state index in [-0.39, 0.29) is 0 Å². The lowest BCUT2D eigenvalue weighted by Crippen LogP contribution is -2.14. The number of nitrogens with zero attached hydrogens (tertiary/aromatic N) is 1. The Morgan fingerprint density at radius 2 is 2.42 bits per heavy atom. The van der Waals surface area contributed by atoms with Gasteiger partial charge in [0.15, 0.2) is 0 Å². The molecular weight excluding hydrogens is 168 g/mol. The minimum Gasteiger partial charge on any atom is -0.310 e. The fraction of sp³-hybridized carbons (Fsp3) is 0.667. The smallest absolute Gasteiger partial charge is 0.106 e. The van der Waals surface area contributed by atoms with Crippen LogP contribution in [-0.4, -0.2) is 11.5 Å². The third-order valence-corrected chi connectivity index (χ3v) is 2.50. The van der Waals surface area contributed by atoms with Crippen LogP contribution in [0.4, 0.5) is 0 Å². The van der Waals surface area contributed by atoms with Gasteiger partial charge in [-0.2, -0.15) is 0 Å². The van der Waals surface area contributed by atoms with E-state index in [9.17, 15) is 0 Å². The Kier molecular flexibility index (Phi) is 4.95. The molecule has 0 aliphatic carbocycles. The molecule has 0 radical (unpaired) electrons. The number of hydrogen-bond acceptors (Lipinski definition) is 3. The molecule has 1 heterocycles. The topological polar surface area (TPSA) is 24.9 Å². The SMILES string of the molecule is CCCCCNCc1nccs1. The summed E-state index contributed by atoms with van der Waals surface area (Å²) in [6, 6.07) is 0. The quantitative estimate of drug-likeness (QED) is 0.687. The van der Waals surface area contributed by atoms with Crippen LogP contribution >= 0.6 is 11.3 Å². The van der Waals surface area contributed by atoms with Crippen LogP contribution < -0.4 is 5.32 Å². The van der Waals surface area contributed by atoms with E-state index in [2.05, 4.69) is 17.2 Å². The van der Waals surface area contributed by atoms with Gasteiger partial charge in [-0.25, -0.2) is 4.98 Å². The molecule has 0 atom stereocenters. The molecule has 0 unspecified atom stereocenters. The average molecular weight is 184 g/mol. The Labute approximate surface area is 78.0 Å². The molecule has 0 amide bonds. The van der Waals surface area contributed by atoms with Crippen molar-refractivity contribution < 1.29 is 0 Å². The minimum atomic E-state index is 0.932. The minimum absolute atomic E-state index is 0.932. The summed E-state index contributed by atoms with van der Waals surface area (Å²) >= 11 is 1.71. The Bertz CT molecular complexity index is 184. The summed E-state index contributed by atoms with van der Waals surface area (Å²) in [5, 5.41) is 6.57. The second-order valence-electron chi connectivity index (χ2n) is 2.81. The Morgan fingerprint density at radius 1 is 1.50 bits per heavy atom. The van der Waals surface area contributed by atoms with Crippen molar-refractivity contribution in [2.24, 2.45) is 0 Å². The van der Waals surface area contributed by atoms with Crippen LogP contribution in [-0.2, 0) is 6.54 Å². The van der Waals surface area contributed by atoms with Gasteiger partial charge in [-0.15, -0.1) is 11.3 Å². The highest BCUT2D eigenvalue weighted by atomic mass is 32.1. The lowest BCUT2D eigenvalue weighted by atomic mass is 10.2. The molecule has 1 aromatic rings. The highest BCUT2D eigenvalue weighted by Gasteiger charge is 1.92. The summed E-state index contributed by atoms with van der Waals surface area (Å²) in [5.74, 6) is 0. The summed E-state index contributed by atoms with van der Waals surface area (Å²) in [4.78, 5) is 4.19. The largest absolute Gasteiger partial charge is 0.310 e. The van der Waals surface area contributed by atoms with Crippen LogP contribution in [0.2, 0.25) is 0 Å². The molecule has 1 N–H and O–H groups in total. The summed E-state index contributed by atoms with van der Waals surface area (Å²) in [7, 11) is 0. The maximum absolute atomic E-state index is 4.19. The Morgan fingerprint density at radius 3 is 3.08 bits per heavy atom. The van der Waals surface area contributed by atoms with Crippen molar-refractivity contribution in [3.63, 3.8) is 0 Å². The molecule has 1 aromatic heterocycles. The fourth-order valence-electron chi connectivity index (χ4n) is 1.04. The Balaban J connectivity index is 1.96. The van der Waals surface area contributed by atoms with Crippen LogP contribution in [0.1, 0.15) is 31.2 Å². The number of rotatable bonds is 6. The zero-order valence-corrected chi connectivity index (χ0v) is 8.36. The second-order valence-corrected chi connectivity index (χ2v) is 3.79. The van der Waals surface area contributed by atoms with Gasteiger partial charge in [-0.3, -0.25) is 0 Å². The average Bonchev–Trinajstić information content (AvgIpc) is 2.57. The van der Waals surface area contributed by atoms with Gasteiger partial charge in [0.1, 0.15) is 5.01 Å². The standard InChI is InChI=1S/C9H16N2S/c1-2-3-4-5-10-8-9-11-6-7-12-9/h6-7,10H,2-5,8H2,1H3. The van der Waals surface area contributed by atoms with Crippen LogP contribution in [0.3, 0.4) is 0 Å². The summed E-state index contributed by atoms with van der Waals surface area (Å²) in [6.45, 7) is 4.27. The van der Waals surface area contributed by atoms with Gasteiger partial charge in [-0.05, 0) is 13.0 Å². The highest BCUT2D eigenvalue weighted by molar-refractivity contribution is 7.09. The molecule has 0 saturated heterocycles. The predicted molar refractivity (Wildman–Crippen MR) is 53.3 cm³/mol. The zero-order chi connectivity index (χ0) is 8.65. The summed E-state index contributed by atoms with van der Waals surface area (Å²) in [6.07, 6.45) is 5.75. The van der Waals surface area contributed by atoms with Crippen molar-refractivity contribution in [1.82, 2.24) is 10.3 Å². The van der Waals surface area contributed by atoms with E-state index in [1.807, 2.05) is 11.6 Å². The molecule has 0 fully saturated rings. The van der Waals surface area contributed by atoms with Gasteiger partial charge in [0.2, 0.25) is 0 Å². The summed E-state index contributed by atoms with van der Waals surface area (Å²) in [5.41, 5.74) is 0. The van der Waals surface area contributed by atoms with E-state index in [1.165, 1.54) is 24.3 Å². The molecule has 0 saturated carbocycles. The lowest BCUT2D eigenvalue weighted by molar-refractivity contribution is 0.615. The van der Waals surface area contributed by atoms with Crippen molar-refractivity contribution in [3.8, 4) is 0 Å². The molecule has 12 heavy (non-hydrogen) atoms. The van der Waals surface area contributed by atoms with E-state index in [4.69, 9.17) is 0 Å². The van der Waals surface area contributed by atoms with Gasteiger partial charge < -0.3 is 5.32 Å². The van der Waals surface area contributed by atoms with Crippen molar-refractivity contribution >= 4 is 11.3 Å². The van der Waals surface area contributed by atoms with Gasteiger partial charge in [0, 0.05) is 18.1 Å². The first-order valence-corrected chi connectivity index (χ1v) is 5.40. The highest BCUT2D eigenvalue weighted by Crippen LogP contribution is 2.02. The number of unbranched alkanes of at least 4 members (excludes halogenated alkanes) is 2. The van der Waals surface area contributed by atoms with Crippen molar-refractivity contribution in [1.29, 1.82) is 0 Å². The number of hydrogen-bond donors (Lipinski definition) is 1. The van der Waals surface area contributed by atoms with E-state index in [0.29, 0.717) is 0 Å². The molecular formula is C9H16N2S. The van der Waals surface area contributed by atoms with Gasteiger partial charge >= 0.3 is 0 Å². The first-order chi connectivity index (χ1) is 5.93. The maximum atomic E-state index is 4.19. The predicted octanol–water partition coefficient (Wildman–Crippen LogP) is 2.42. The van der Waals surface area contributed by atoms with Gasteiger partial charge in [0.05, 0.1) is 0 Å². The van der Waals surface area contributed by atoms with Gasteiger partial charge in [0.25, 0.3) is 0 Å². The van der Waals surface area contributed by atoms with Crippen LogP contribution in [0.15, 0.2) is 11.6 Å². The van der Waals surface area contributed by atoms with E-state index in [0.717, 1.165) is 13.1 Å². The first-order valence-electron chi connectivity index (χ1n) is 4.52. The first kappa shape index (κ1) is 9.68. The Hall–Kier alpha value is -0.410. The van der Waals surface area contributed by atoms with Crippen LogP contribution in [0.25, 0.3) is 0 Å². The molecule has 0 bridgehead atoms. The maximum Gasteiger partial charge on any atom is 0.106 e. The number of thiazole rings is 1. The van der Waals surface area contributed by atoms with Crippen LogP contribution in [0, 0.1) is 0 Å². The third kappa shape index (κ3) is 3.83. The van der Waals surface area contributed by atoms with Crippen molar-refractivity contribution in [2.45, 2.75) is 32.7 Å².